The van der Waals surface area contributed by atoms with E-state index in [2.05, 4.69) is 15.3 Å². The van der Waals surface area contributed by atoms with Gasteiger partial charge in [0, 0.05) is 45.3 Å². The summed E-state index contributed by atoms with van der Waals surface area (Å²) in [4.78, 5) is 26.7. The van der Waals surface area contributed by atoms with Crippen LogP contribution in [0.25, 0.3) is 0 Å². The van der Waals surface area contributed by atoms with Gasteiger partial charge in [0.25, 0.3) is 5.56 Å². The molecule has 25 heavy (non-hydrogen) atoms. The Hall–Kier alpha value is -1.73. The highest BCUT2D eigenvalue weighted by atomic mass is 16.5. The Kier molecular flexibility index (Phi) is 5.86. The summed E-state index contributed by atoms with van der Waals surface area (Å²) in [5, 5.41) is 7.49. The first-order valence-electron chi connectivity index (χ1n) is 9.31. The van der Waals surface area contributed by atoms with E-state index in [0.717, 1.165) is 50.1 Å². The topological polar surface area (TPSA) is 76.5 Å². The minimum atomic E-state index is -0.229. The van der Waals surface area contributed by atoms with Gasteiger partial charge in [0.05, 0.1) is 17.8 Å². The highest BCUT2D eigenvalue weighted by molar-refractivity contribution is 5.81. The van der Waals surface area contributed by atoms with E-state index in [1.54, 1.807) is 10.7 Å². The van der Waals surface area contributed by atoms with Crippen molar-refractivity contribution in [2.75, 3.05) is 19.7 Å². The number of ether oxygens (including phenoxy) is 1. The summed E-state index contributed by atoms with van der Waals surface area (Å²) in [6.07, 6.45) is 3.89. The molecule has 1 aromatic rings. The molecule has 0 saturated carbocycles. The van der Waals surface area contributed by atoms with Crippen molar-refractivity contribution in [3.63, 3.8) is 0 Å². The van der Waals surface area contributed by atoms with Gasteiger partial charge in [0.15, 0.2) is 0 Å². The second kappa shape index (κ2) is 8.10. The lowest BCUT2D eigenvalue weighted by Gasteiger charge is -2.32. The van der Waals surface area contributed by atoms with Crippen LogP contribution in [0.15, 0.2) is 10.9 Å². The van der Waals surface area contributed by atoms with Gasteiger partial charge < -0.3 is 10.1 Å². The molecule has 3 rings (SSSR count). The van der Waals surface area contributed by atoms with Crippen molar-refractivity contribution >= 4 is 5.91 Å². The molecule has 1 saturated heterocycles. The fourth-order valence-corrected chi connectivity index (χ4v) is 3.50. The number of aryl methyl sites for hydroxylation is 1. The van der Waals surface area contributed by atoms with Crippen molar-refractivity contribution in [3.8, 4) is 0 Å². The summed E-state index contributed by atoms with van der Waals surface area (Å²) in [6, 6.07) is 1.45. The van der Waals surface area contributed by atoms with Crippen LogP contribution in [-0.2, 0) is 29.0 Å². The Bertz CT molecular complexity index is 667. The van der Waals surface area contributed by atoms with Gasteiger partial charge >= 0.3 is 0 Å². The van der Waals surface area contributed by atoms with Gasteiger partial charge in [-0.1, -0.05) is 6.92 Å². The van der Waals surface area contributed by atoms with Crippen LogP contribution in [0.3, 0.4) is 0 Å². The molecule has 1 amide bonds. The van der Waals surface area contributed by atoms with E-state index >= 15 is 0 Å². The summed E-state index contributed by atoms with van der Waals surface area (Å²) in [7, 11) is 0. The zero-order chi connectivity index (χ0) is 17.8. The normalized spacial score (nSPS) is 21.8. The number of aromatic nitrogens is 2. The molecule has 0 aliphatic carbocycles. The van der Waals surface area contributed by atoms with Gasteiger partial charge in [-0.15, -0.1) is 0 Å². The first-order chi connectivity index (χ1) is 12.1. The minimum Gasteiger partial charge on any atom is -0.376 e. The molecular formula is C18H28N4O3. The Balaban J connectivity index is 1.60. The van der Waals surface area contributed by atoms with Gasteiger partial charge in [-0.05, 0) is 31.7 Å². The van der Waals surface area contributed by atoms with Crippen molar-refractivity contribution in [1.29, 1.82) is 0 Å². The highest BCUT2D eigenvalue weighted by Crippen LogP contribution is 2.18. The maximum absolute atomic E-state index is 12.4. The molecule has 0 aromatic carbocycles. The summed E-state index contributed by atoms with van der Waals surface area (Å²) < 4.78 is 7.09. The average Bonchev–Trinajstić information content (AvgIpc) is 3.13. The maximum Gasteiger partial charge on any atom is 0.267 e. The summed E-state index contributed by atoms with van der Waals surface area (Å²) in [5.41, 5.74) is 1.87. The number of carbonyl (C=O) groups is 1. The zero-order valence-corrected chi connectivity index (χ0v) is 15.2. The van der Waals surface area contributed by atoms with E-state index in [4.69, 9.17) is 4.74 Å². The minimum absolute atomic E-state index is 0.0197. The van der Waals surface area contributed by atoms with E-state index in [9.17, 15) is 9.59 Å². The SMILES string of the molecule is CCCn1nc2c(cc1=O)CN([C@@H](C)C(=O)NC[C@@H]1CCCO1)CC2. The maximum atomic E-state index is 12.4. The predicted molar refractivity (Wildman–Crippen MR) is 94.3 cm³/mol. The molecule has 1 N–H and O–H groups in total. The molecule has 1 aromatic heterocycles. The third-order valence-electron chi connectivity index (χ3n) is 5.06. The Morgan fingerprint density at radius 3 is 3.08 bits per heavy atom. The number of nitrogens with zero attached hydrogens (tertiary/aromatic N) is 3. The number of amides is 1. The third-order valence-corrected chi connectivity index (χ3v) is 5.06. The van der Waals surface area contributed by atoms with E-state index < -0.39 is 0 Å². The molecule has 2 aliphatic heterocycles. The van der Waals surface area contributed by atoms with Gasteiger partial charge in [-0.2, -0.15) is 5.10 Å². The highest BCUT2D eigenvalue weighted by Gasteiger charge is 2.27. The summed E-state index contributed by atoms with van der Waals surface area (Å²) in [5.74, 6) is 0.0197. The number of carbonyl (C=O) groups excluding carboxylic acids is 1. The molecule has 0 radical (unpaired) electrons. The Labute approximate surface area is 148 Å². The predicted octanol–water partition coefficient (Wildman–Crippen LogP) is 0.695. The third kappa shape index (κ3) is 4.27. The first-order valence-corrected chi connectivity index (χ1v) is 9.31. The van der Waals surface area contributed by atoms with Gasteiger partial charge in [0.1, 0.15) is 0 Å². The Morgan fingerprint density at radius 1 is 1.52 bits per heavy atom. The molecule has 0 unspecified atom stereocenters. The second-order valence-electron chi connectivity index (χ2n) is 6.95. The number of hydrogen-bond donors (Lipinski definition) is 1. The zero-order valence-electron chi connectivity index (χ0n) is 15.2. The fourth-order valence-electron chi connectivity index (χ4n) is 3.50. The van der Waals surface area contributed by atoms with Crippen LogP contribution in [0.1, 0.15) is 44.4 Å². The lowest BCUT2D eigenvalue weighted by atomic mass is 10.0. The quantitative estimate of drug-likeness (QED) is 0.819. The molecule has 0 bridgehead atoms. The van der Waals surface area contributed by atoms with E-state index in [1.165, 1.54) is 0 Å². The van der Waals surface area contributed by atoms with Crippen LogP contribution in [0.4, 0.5) is 0 Å². The molecule has 7 heteroatoms. The van der Waals surface area contributed by atoms with Gasteiger partial charge in [0.2, 0.25) is 5.91 Å². The molecule has 3 heterocycles. The largest absolute Gasteiger partial charge is 0.376 e. The molecule has 1 fully saturated rings. The molecule has 7 nitrogen and oxygen atoms in total. The molecule has 0 spiro atoms. The lowest BCUT2D eigenvalue weighted by Crippen LogP contribution is -2.48. The van der Waals surface area contributed by atoms with E-state index in [-0.39, 0.29) is 23.6 Å². The number of hydrogen-bond acceptors (Lipinski definition) is 5. The summed E-state index contributed by atoms with van der Waals surface area (Å²) >= 11 is 0. The van der Waals surface area contributed by atoms with E-state index in [1.807, 2.05) is 13.8 Å². The number of rotatable bonds is 6. The second-order valence-corrected chi connectivity index (χ2v) is 6.95. The molecule has 138 valence electrons. The number of nitrogens with one attached hydrogen (secondary N) is 1. The van der Waals surface area contributed by atoms with Crippen molar-refractivity contribution < 1.29 is 9.53 Å². The standard InChI is InChI=1S/C18H28N4O3/c1-3-7-22-17(23)10-14-12-21(8-6-16(14)20-22)13(2)18(24)19-11-15-5-4-9-25-15/h10,13,15H,3-9,11-12H2,1-2H3,(H,19,24)/t13-,15-/m0/s1. The first kappa shape index (κ1) is 18.1. The fraction of sp³-hybridized carbons (Fsp3) is 0.722. The van der Waals surface area contributed by atoms with Crippen LogP contribution in [0.5, 0.6) is 0 Å². The monoisotopic (exact) mass is 348 g/mol. The van der Waals surface area contributed by atoms with Crippen molar-refractivity contribution in [2.45, 2.75) is 64.8 Å². The van der Waals surface area contributed by atoms with Crippen molar-refractivity contribution in [3.05, 3.63) is 27.7 Å². The molecule has 2 atom stereocenters. The van der Waals surface area contributed by atoms with Crippen LogP contribution in [-0.4, -0.2) is 52.4 Å². The lowest BCUT2D eigenvalue weighted by molar-refractivity contribution is -0.126. The number of fused-ring (bicyclic) bond motifs is 1. The average molecular weight is 348 g/mol. The van der Waals surface area contributed by atoms with Crippen LogP contribution < -0.4 is 10.9 Å². The van der Waals surface area contributed by atoms with Crippen LogP contribution in [0.2, 0.25) is 0 Å². The van der Waals surface area contributed by atoms with Gasteiger partial charge in [-0.3, -0.25) is 14.5 Å². The van der Waals surface area contributed by atoms with E-state index in [0.29, 0.717) is 19.6 Å². The van der Waals surface area contributed by atoms with Crippen LogP contribution in [0, 0.1) is 0 Å². The van der Waals surface area contributed by atoms with Gasteiger partial charge in [-0.25, -0.2) is 4.68 Å². The summed E-state index contributed by atoms with van der Waals surface area (Å²) in [6.45, 7) is 7.35. The van der Waals surface area contributed by atoms with Crippen molar-refractivity contribution in [1.82, 2.24) is 20.0 Å². The molecular weight excluding hydrogens is 320 g/mol. The van der Waals surface area contributed by atoms with Crippen molar-refractivity contribution in [2.24, 2.45) is 0 Å². The Morgan fingerprint density at radius 2 is 2.36 bits per heavy atom. The van der Waals surface area contributed by atoms with Crippen LogP contribution >= 0.6 is 0 Å². The molecule has 2 aliphatic rings. The smallest absolute Gasteiger partial charge is 0.267 e.